The van der Waals surface area contributed by atoms with Gasteiger partial charge in [-0.2, -0.15) is 0 Å². The predicted octanol–water partition coefficient (Wildman–Crippen LogP) is 4.76. The Balaban J connectivity index is 2.33. The summed E-state index contributed by atoms with van der Waals surface area (Å²) < 4.78 is 11.1. The van der Waals surface area contributed by atoms with E-state index in [2.05, 4.69) is 0 Å². The minimum Gasteiger partial charge on any atom is -0.493 e. The first-order chi connectivity index (χ1) is 10.5. The normalized spacial score (nSPS) is 11.8. The van der Waals surface area contributed by atoms with Gasteiger partial charge in [0.1, 0.15) is 0 Å². The Hall–Kier alpha value is -2.00. The van der Waals surface area contributed by atoms with Gasteiger partial charge in [-0.15, -0.1) is 0 Å². The van der Waals surface area contributed by atoms with Crippen LogP contribution in [0.5, 0.6) is 11.5 Å². The molecule has 0 unspecified atom stereocenters. The molecule has 0 aromatic heterocycles. The molecule has 0 amide bonds. The van der Waals surface area contributed by atoms with E-state index in [0.29, 0.717) is 27.6 Å². The Labute approximate surface area is 135 Å². The fourth-order valence-corrected chi connectivity index (χ4v) is 2.10. The lowest BCUT2D eigenvalue weighted by Crippen LogP contribution is -2.11. The molecule has 4 heteroatoms. The van der Waals surface area contributed by atoms with Crippen LogP contribution in [0, 0.1) is 0 Å². The molecule has 0 saturated carbocycles. The van der Waals surface area contributed by atoms with E-state index in [9.17, 15) is 4.79 Å². The minimum atomic E-state index is -0.0756. The van der Waals surface area contributed by atoms with Gasteiger partial charge in [-0.3, -0.25) is 4.79 Å². The number of benzene rings is 2. The van der Waals surface area contributed by atoms with Crippen molar-refractivity contribution in [3.8, 4) is 11.5 Å². The van der Waals surface area contributed by atoms with Crippen LogP contribution in [0.3, 0.4) is 0 Å². The average molecular weight is 319 g/mol. The number of hydrogen-bond acceptors (Lipinski definition) is 3. The first-order valence-corrected chi connectivity index (χ1v) is 7.58. The molecule has 0 saturated heterocycles. The van der Waals surface area contributed by atoms with E-state index in [-0.39, 0.29) is 11.9 Å². The lowest BCUT2D eigenvalue weighted by atomic mass is 10.0. The zero-order valence-electron chi connectivity index (χ0n) is 12.9. The van der Waals surface area contributed by atoms with Crippen LogP contribution in [0.15, 0.2) is 42.5 Å². The predicted molar refractivity (Wildman–Crippen MR) is 88.3 cm³/mol. The summed E-state index contributed by atoms with van der Waals surface area (Å²) in [4.78, 5) is 12.5. The highest BCUT2D eigenvalue weighted by molar-refractivity contribution is 6.30. The first-order valence-electron chi connectivity index (χ1n) is 7.20. The minimum absolute atomic E-state index is 0.0507. The lowest BCUT2D eigenvalue weighted by Gasteiger charge is -2.16. The van der Waals surface area contributed by atoms with Gasteiger partial charge in [0.25, 0.3) is 0 Å². The maximum Gasteiger partial charge on any atom is 0.193 e. The van der Waals surface area contributed by atoms with Crippen molar-refractivity contribution < 1.29 is 14.3 Å². The molecule has 2 aromatic rings. The topological polar surface area (TPSA) is 35.5 Å². The van der Waals surface area contributed by atoms with Crippen LogP contribution >= 0.6 is 11.6 Å². The van der Waals surface area contributed by atoms with Gasteiger partial charge >= 0.3 is 0 Å². The first kappa shape index (κ1) is 16.4. The number of rotatable bonds is 6. The Morgan fingerprint density at radius 1 is 1.09 bits per heavy atom. The molecule has 0 heterocycles. The Kier molecular flexibility index (Phi) is 5.45. The summed E-state index contributed by atoms with van der Waals surface area (Å²) in [6.07, 6.45) is 0.924. The van der Waals surface area contributed by atoms with Crippen molar-refractivity contribution in [3.63, 3.8) is 0 Å². The Morgan fingerprint density at radius 3 is 2.32 bits per heavy atom. The third-order valence-corrected chi connectivity index (χ3v) is 3.69. The monoisotopic (exact) mass is 318 g/mol. The summed E-state index contributed by atoms with van der Waals surface area (Å²) in [7, 11) is 1.58. The average Bonchev–Trinajstić information content (AvgIpc) is 2.54. The number of halogens is 1. The molecule has 0 aliphatic carbocycles. The summed E-state index contributed by atoms with van der Waals surface area (Å²) in [5.41, 5.74) is 1.14. The maximum atomic E-state index is 12.5. The summed E-state index contributed by atoms with van der Waals surface area (Å²) >= 11 is 5.85. The van der Waals surface area contributed by atoms with Crippen molar-refractivity contribution in [2.75, 3.05) is 7.11 Å². The highest BCUT2D eigenvalue weighted by Gasteiger charge is 2.14. The van der Waals surface area contributed by atoms with Gasteiger partial charge in [0.15, 0.2) is 17.3 Å². The van der Waals surface area contributed by atoms with E-state index in [1.165, 1.54) is 0 Å². The highest BCUT2D eigenvalue weighted by Crippen LogP contribution is 2.30. The van der Waals surface area contributed by atoms with E-state index in [1.807, 2.05) is 13.8 Å². The van der Waals surface area contributed by atoms with Gasteiger partial charge in [-0.25, -0.2) is 0 Å². The molecule has 0 aliphatic heterocycles. The molecule has 0 bridgehead atoms. The van der Waals surface area contributed by atoms with Gasteiger partial charge in [-0.1, -0.05) is 18.5 Å². The van der Waals surface area contributed by atoms with Gasteiger partial charge in [0, 0.05) is 16.1 Å². The van der Waals surface area contributed by atoms with Crippen LogP contribution in [0.2, 0.25) is 5.02 Å². The molecule has 0 spiro atoms. The standard InChI is InChI=1S/C18H19ClO3/c1-4-12(2)22-17-11-14(7-10-16(17)21-3)18(20)13-5-8-15(19)9-6-13/h5-12H,4H2,1-3H3/t12-/m1/s1. The van der Waals surface area contributed by atoms with E-state index in [0.717, 1.165) is 6.42 Å². The van der Waals surface area contributed by atoms with Crippen LogP contribution in [-0.2, 0) is 0 Å². The fourth-order valence-electron chi connectivity index (χ4n) is 1.98. The highest BCUT2D eigenvalue weighted by atomic mass is 35.5. The van der Waals surface area contributed by atoms with Crippen LogP contribution in [0.1, 0.15) is 36.2 Å². The molecule has 0 radical (unpaired) electrons. The number of ether oxygens (including phenoxy) is 2. The summed E-state index contributed by atoms with van der Waals surface area (Å²) in [5, 5.41) is 0.604. The van der Waals surface area contributed by atoms with Gasteiger partial charge in [0.05, 0.1) is 13.2 Å². The molecule has 0 N–H and O–H groups in total. The Morgan fingerprint density at radius 2 is 1.73 bits per heavy atom. The zero-order valence-corrected chi connectivity index (χ0v) is 13.7. The Bertz CT molecular complexity index is 650. The molecule has 0 aliphatic rings. The number of ketones is 1. The van der Waals surface area contributed by atoms with E-state index >= 15 is 0 Å². The van der Waals surface area contributed by atoms with Crippen molar-refractivity contribution >= 4 is 17.4 Å². The number of carbonyl (C=O) groups is 1. The van der Waals surface area contributed by atoms with Crippen LogP contribution in [0.4, 0.5) is 0 Å². The maximum absolute atomic E-state index is 12.5. The number of methoxy groups -OCH3 is 1. The molecule has 2 rings (SSSR count). The quantitative estimate of drug-likeness (QED) is 0.720. The van der Waals surface area contributed by atoms with Crippen LogP contribution in [0.25, 0.3) is 0 Å². The molecule has 0 fully saturated rings. The van der Waals surface area contributed by atoms with Crippen molar-refractivity contribution in [2.45, 2.75) is 26.4 Å². The molecule has 116 valence electrons. The van der Waals surface area contributed by atoms with Crippen molar-refractivity contribution in [2.24, 2.45) is 0 Å². The lowest BCUT2D eigenvalue weighted by molar-refractivity contribution is 0.103. The molecule has 3 nitrogen and oxygen atoms in total. The molecule has 1 atom stereocenters. The van der Waals surface area contributed by atoms with Crippen LogP contribution < -0.4 is 9.47 Å². The van der Waals surface area contributed by atoms with E-state index in [4.69, 9.17) is 21.1 Å². The second-order valence-electron chi connectivity index (χ2n) is 5.04. The third kappa shape index (κ3) is 3.80. The number of carbonyl (C=O) groups excluding carboxylic acids is 1. The second kappa shape index (κ2) is 7.32. The second-order valence-corrected chi connectivity index (χ2v) is 5.47. The summed E-state index contributed by atoms with van der Waals surface area (Å²) in [6, 6.07) is 12.0. The fraction of sp³-hybridized carbons (Fsp3) is 0.278. The largest absolute Gasteiger partial charge is 0.493 e. The summed E-state index contributed by atoms with van der Waals surface area (Å²) in [5.74, 6) is 1.12. The van der Waals surface area contributed by atoms with Crippen molar-refractivity contribution in [1.29, 1.82) is 0 Å². The molecule has 2 aromatic carbocycles. The van der Waals surface area contributed by atoms with Gasteiger partial charge in [0.2, 0.25) is 0 Å². The molecular formula is C18H19ClO3. The SMILES string of the molecule is CC[C@@H](C)Oc1cc(C(=O)c2ccc(Cl)cc2)ccc1OC. The van der Waals surface area contributed by atoms with Gasteiger partial charge in [-0.05, 0) is 55.8 Å². The van der Waals surface area contributed by atoms with Gasteiger partial charge < -0.3 is 9.47 Å². The van der Waals surface area contributed by atoms with Crippen molar-refractivity contribution in [1.82, 2.24) is 0 Å². The number of hydrogen-bond donors (Lipinski definition) is 0. The smallest absolute Gasteiger partial charge is 0.193 e. The summed E-state index contributed by atoms with van der Waals surface area (Å²) in [6.45, 7) is 4.02. The third-order valence-electron chi connectivity index (χ3n) is 3.44. The van der Waals surface area contributed by atoms with Crippen molar-refractivity contribution in [3.05, 3.63) is 58.6 Å². The van der Waals surface area contributed by atoms with Crippen LogP contribution in [-0.4, -0.2) is 19.0 Å². The molecular weight excluding hydrogens is 300 g/mol. The van der Waals surface area contributed by atoms with E-state index in [1.54, 1.807) is 49.6 Å². The molecule has 22 heavy (non-hydrogen) atoms. The van der Waals surface area contributed by atoms with E-state index < -0.39 is 0 Å². The zero-order chi connectivity index (χ0) is 16.1.